The lowest BCUT2D eigenvalue weighted by Crippen LogP contribution is -2.25. The number of unbranched alkanes of at least 4 members (excludes halogenated alkanes) is 1. The minimum absolute atomic E-state index is 0.313. The lowest BCUT2D eigenvalue weighted by molar-refractivity contribution is 0.283. The Kier molecular flexibility index (Phi) is 5.02. The third-order valence-electron chi connectivity index (χ3n) is 3.65. The van der Waals surface area contributed by atoms with E-state index in [1.54, 1.807) is 11.1 Å². The molecule has 0 aromatic heterocycles. The van der Waals surface area contributed by atoms with Crippen LogP contribution in [0.15, 0.2) is 24.3 Å². The van der Waals surface area contributed by atoms with E-state index < -0.39 is 0 Å². The predicted molar refractivity (Wildman–Crippen MR) is 71.3 cm³/mol. The van der Waals surface area contributed by atoms with Crippen LogP contribution in [0.3, 0.4) is 0 Å². The summed E-state index contributed by atoms with van der Waals surface area (Å²) in [5.41, 5.74) is 3.09. The molecule has 2 nitrogen and oxygen atoms in total. The number of hydrogen-bond donors (Lipinski definition) is 2. The Morgan fingerprint density at radius 3 is 3.00 bits per heavy atom. The summed E-state index contributed by atoms with van der Waals surface area (Å²) in [4.78, 5) is 0. The van der Waals surface area contributed by atoms with Crippen molar-refractivity contribution in [3.05, 3.63) is 35.4 Å². The van der Waals surface area contributed by atoms with Crippen LogP contribution >= 0.6 is 0 Å². The average molecular weight is 233 g/mol. The van der Waals surface area contributed by atoms with Crippen molar-refractivity contribution in [3.63, 3.8) is 0 Å². The van der Waals surface area contributed by atoms with E-state index in [9.17, 15) is 0 Å². The molecule has 17 heavy (non-hydrogen) atoms. The minimum Gasteiger partial charge on any atom is -0.396 e. The number of nitrogens with one attached hydrogen (secondary N) is 1. The van der Waals surface area contributed by atoms with Gasteiger partial charge in [0.1, 0.15) is 0 Å². The van der Waals surface area contributed by atoms with Gasteiger partial charge in [-0.05, 0) is 55.7 Å². The Hall–Kier alpha value is -0.860. The molecule has 2 N–H and O–H groups in total. The zero-order chi connectivity index (χ0) is 11.9. The number of aliphatic hydroxyl groups excluding tert-OH is 1. The molecule has 0 saturated heterocycles. The first-order valence-electron chi connectivity index (χ1n) is 6.81. The van der Waals surface area contributed by atoms with Crippen molar-refractivity contribution in [1.82, 2.24) is 5.32 Å². The van der Waals surface area contributed by atoms with E-state index in [2.05, 4.69) is 29.6 Å². The molecule has 94 valence electrons. The van der Waals surface area contributed by atoms with E-state index in [4.69, 9.17) is 5.11 Å². The van der Waals surface area contributed by atoms with Gasteiger partial charge in [0.05, 0.1) is 0 Å². The van der Waals surface area contributed by atoms with Crippen LogP contribution in [0.4, 0.5) is 0 Å². The molecule has 1 aliphatic rings. The number of hydrogen-bond acceptors (Lipinski definition) is 2. The maximum Gasteiger partial charge on any atom is 0.0431 e. The molecule has 1 aromatic carbocycles. The fourth-order valence-corrected chi connectivity index (χ4v) is 2.70. The SMILES string of the molecule is OCCCCNCC1CCCc2ccccc21. The molecule has 1 aromatic rings. The summed E-state index contributed by atoms with van der Waals surface area (Å²) in [5.74, 6) is 0.689. The monoisotopic (exact) mass is 233 g/mol. The Morgan fingerprint density at radius 2 is 2.12 bits per heavy atom. The normalized spacial score (nSPS) is 19.0. The number of aryl methyl sites for hydroxylation is 1. The molecule has 0 bridgehead atoms. The van der Waals surface area contributed by atoms with E-state index in [0.717, 1.165) is 25.9 Å². The van der Waals surface area contributed by atoms with E-state index in [1.165, 1.54) is 19.3 Å². The van der Waals surface area contributed by atoms with Gasteiger partial charge in [-0.1, -0.05) is 24.3 Å². The van der Waals surface area contributed by atoms with Gasteiger partial charge in [0.25, 0.3) is 0 Å². The second-order valence-corrected chi connectivity index (χ2v) is 4.92. The van der Waals surface area contributed by atoms with Gasteiger partial charge in [0.15, 0.2) is 0 Å². The van der Waals surface area contributed by atoms with Crippen molar-refractivity contribution in [2.75, 3.05) is 19.7 Å². The molecule has 1 aliphatic carbocycles. The number of benzene rings is 1. The minimum atomic E-state index is 0.313. The van der Waals surface area contributed by atoms with E-state index in [-0.39, 0.29) is 0 Å². The van der Waals surface area contributed by atoms with Crippen molar-refractivity contribution in [3.8, 4) is 0 Å². The van der Waals surface area contributed by atoms with Gasteiger partial charge in [0, 0.05) is 13.2 Å². The fraction of sp³-hybridized carbons (Fsp3) is 0.600. The summed E-state index contributed by atoms with van der Waals surface area (Å²) in [7, 11) is 0. The highest BCUT2D eigenvalue weighted by atomic mass is 16.2. The number of rotatable bonds is 6. The summed E-state index contributed by atoms with van der Waals surface area (Å²) in [6.07, 6.45) is 5.86. The van der Waals surface area contributed by atoms with E-state index in [1.807, 2.05) is 0 Å². The first-order chi connectivity index (χ1) is 8.42. The molecule has 1 unspecified atom stereocenters. The second-order valence-electron chi connectivity index (χ2n) is 4.92. The van der Waals surface area contributed by atoms with Gasteiger partial charge in [-0.15, -0.1) is 0 Å². The molecular formula is C15H23NO. The third-order valence-corrected chi connectivity index (χ3v) is 3.65. The Balaban J connectivity index is 1.82. The highest BCUT2D eigenvalue weighted by molar-refractivity contribution is 5.32. The maximum atomic E-state index is 8.72. The molecule has 0 aliphatic heterocycles. The highest BCUT2D eigenvalue weighted by Crippen LogP contribution is 2.30. The zero-order valence-corrected chi connectivity index (χ0v) is 10.5. The van der Waals surface area contributed by atoms with Gasteiger partial charge < -0.3 is 10.4 Å². The van der Waals surface area contributed by atoms with Crippen LogP contribution in [-0.4, -0.2) is 24.8 Å². The van der Waals surface area contributed by atoms with Gasteiger partial charge in [-0.3, -0.25) is 0 Å². The summed E-state index contributed by atoms with van der Waals surface area (Å²) < 4.78 is 0. The zero-order valence-electron chi connectivity index (χ0n) is 10.5. The Morgan fingerprint density at radius 1 is 1.24 bits per heavy atom. The van der Waals surface area contributed by atoms with Gasteiger partial charge in [-0.25, -0.2) is 0 Å². The first kappa shape index (κ1) is 12.6. The van der Waals surface area contributed by atoms with Crippen LogP contribution in [-0.2, 0) is 6.42 Å². The number of fused-ring (bicyclic) bond motifs is 1. The van der Waals surface area contributed by atoms with Crippen LogP contribution in [0, 0.1) is 0 Å². The van der Waals surface area contributed by atoms with Gasteiger partial charge in [-0.2, -0.15) is 0 Å². The van der Waals surface area contributed by atoms with E-state index >= 15 is 0 Å². The highest BCUT2D eigenvalue weighted by Gasteiger charge is 2.18. The lowest BCUT2D eigenvalue weighted by atomic mass is 9.83. The number of aliphatic hydroxyl groups is 1. The molecular weight excluding hydrogens is 210 g/mol. The van der Waals surface area contributed by atoms with E-state index in [0.29, 0.717) is 12.5 Å². The van der Waals surface area contributed by atoms with Crippen molar-refractivity contribution in [2.24, 2.45) is 0 Å². The fourth-order valence-electron chi connectivity index (χ4n) is 2.70. The van der Waals surface area contributed by atoms with Crippen LogP contribution in [0.5, 0.6) is 0 Å². The average Bonchev–Trinajstić information content (AvgIpc) is 2.39. The topological polar surface area (TPSA) is 32.3 Å². The van der Waals surface area contributed by atoms with Crippen molar-refractivity contribution >= 4 is 0 Å². The summed E-state index contributed by atoms with van der Waals surface area (Å²) in [5, 5.41) is 12.2. The van der Waals surface area contributed by atoms with Crippen molar-refractivity contribution in [2.45, 2.75) is 38.0 Å². The summed E-state index contributed by atoms with van der Waals surface area (Å²) >= 11 is 0. The largest absolute Gasteiger partial charge is 0.396 e. The second kappa shape index (κ2) is 6.77. The van der Waals surface area contributed by atoms with Crippen LogP contribution < -0.4 is 5.32 Å². The van der Waals surface area contributed by atoms with Crippen molar-refractivity contribution < 1.29 is 5.11 Å². The molecule has 0 spiro atoms. The standard InChI is InChI=1S/C15H23NO/c17-11-4-3-10-16-12-14-8-5-7-13-6-1-2-9-15(13)14/h1-2,6,9,14,16-17H,3-5,7-8,10-12H2. The van der Waals surface area contributed by atoms with Crippen LogP contribution in [0.1, 0.15) is 42.7 Å². The van der Waals surface area contributed by atoms with Gasteiger partial charge >= 0.3 is 0 Å². The molecule has 0 heterocycles. The first-order valence-corrected chi connectivity index (χ1v) is 6.81. The molecule has 2 heteroatoms. The Bertz CT molecular complexity index is 337. The van der Waals surface area contributed by atoms with Crippen molar-refractivity contribution in [1.29, 1.82) is 0 Å². The molecule has 1 atom stereocenters. The molecule has 0 fully saturated rings. The quantitative estimate of drug-likeness (QED) is 0.740. The molecule has 2 rings (SSSR count). The predicted octanol–water partition coefficient (Wildman–Crippen LogP) is 2.47. The lowest BCUT2D eigenvalue weighted by Gasteiger charge is -2.25. The Labute approximate surface area is 104 Å². The smallest absolute Gasteiger partial charge is 0.0431 e. The maximum absolute atomic E-state index is 8.72. The van der Waals surface area contributed by atoms with Crippen LogP contribution in [0.25, 0.3) is 0 Å². The molecule has 0 radical (unpaired) electrons. The van der Waals surface area contributed by atoms with Crippen LogP contribution in [0.2, 0.25) is 0 Å². The van der Waals surface area contributed by atoms with Gasteiger partial charge in [0.2, 0.25) is 0 Å². The molecule has 0 saturated carbocycles. The summed E-state index contributed by atoms with van der Waals surface area (Å²) in [6, 6.07) is 8.86. The summed E-state index contributed by atoms with van der Waals surface area (Å²) in [6.45, 7) is 2.43. The third kappa shape index (κ3) is 3.55. The molecule has 0 amide bonds.